The van der Waals surface area contributed by atoms with Crippen molar-refractivity contribution in [2.75, 3.05) is 12.8 Å². The first-order chi connectivity index (χ1) is 14.9. The number of rotatable bonds is 6. The third-order valence-electron chi connectivity index (χ3n) is 4.48. The highest BCUT2D eigenvalue weighted by molar-refractivity contribution is 6.32. The van der Waals surface area contributed by atoms with Crippen molar-refractivity contribution >= 4 is 28.3 Å². The van der Waals surface area contributed by atoms with Crippen molar-refractivity contribution in [3.05, 3.63) is 47.9 Å². The van der Waals surface area contributed by atoms with Gasteiger partial charge >= 0.3 is 6.55 Å². The molecule has 0 radical (unpaired) electrons. The zero-order chi connectivity index (χ0) is 22.1. The number of fused-ring (bicyclic) bond motifs is 1. The number of anilines is 1. The van der Waals surface area contributed by atoms with Crippen LogP contribution in [0.1, 0.15) is 25.4 Å². The summed E-state index contributed by atoms with van der Waals surface area (Å²) in [6, 6.07) is 5.24. The van der Waals surface area contributed by atoms with E-state index < -0.39 is 12.7 Å². The molecule has 3 heterocycles. The van der Waals surface area contributed by atoms with Gasteiger partial charge in [0, 0.05) is 5.56 Å². The van der Waals surface area contributed by atoms with Crippen LogP contribution in [0.3, 0.4) is 0 Å². The highest BCUT2D eigenvalue weighted by atomic mass is 35.5. The lowest BCUT2D eigenvalue weighted by atomic mass is 10.1. The Kier molecular flexibility index (Phi) is 5.51. The van der Waals surface area contributed by atoms with Crippen LogP contribution in [0.5, 0.6) is 11.5 Å². The second-order valence-electron chi connectivity index (χ2n) is 6.39. The summed E-state index contributed by atoms with van der Waals surface area (Å²) in [5.74, 6) is 0.907. The maximum atomic E-state index is 12.8. The highest BCUT2D eigenvalue weighted by Crippen LogP contribution is 2.40. The topological polar surface area (TPSA) is 114 Å². The summed E-state index contributed by atoms with van der Waals surface area (Å²) in [7, 11) is 1.50. The van der Waals surface area contributed by atoms with E-state index in [9.17, 15) is 8.78 Å². The third-order valence-corrected chi connectivity index (χ3v) is 4.78. The molecule has 4 aromatic rings. The first kappa shape index (κ1) is 20.7. The van der Waals surface area contributed by atoms with E-state index in [2.05, 4.69) is 25.0 Å². The average Bonchev–Trinajstić information content (AvgIpc) is 3.25. The van der Waals surface area contributed by atoms with Gasteiger partial charge in [0.15, 0.2) is 17.7 Å². The Morgan fingerprint density at radius 1 is 1.16 bits per heavy atom. The van der Waals surface area contributed by atoms with Crippen LogP contribution in [0.2, 0.25) is 5.02 Å². The number of benzene rings is 1. The lowest BCUT2D eigenvalue weighted by Gasteiger charge is -2.16. The van der Waals surface area contributed by atoms with E-state index in [1.807, 2.05) is 0 Å². The Morgan fingerprint density at radius 3 is 2.68 bits per heavy atom. The molecule has 0 spiro atoms. The van der Waals surface area contributed by atoms with E-state index in [0.717, 1.165) is 6.33 Å². The molecule has 9 nitrogen and oxygen atoms in total. The number of alkyl halides is 2. The molecule has 1 aromatic carbocycles. The minimum absolute atomic E-state index is 0.0736. The fourth-order valence-corrected chi connectivity index (χ4v) is 3.32. The normalized spacial score (nSPS) is 12.3. The SMILES string of the molecule is COc1c(Cl)cccc1-c1ncc(O[C@H](C)c2ncn(C(F)F)n2)c2c(N)ncnc12. The van der Waals surface area contributed by atoms with Gasteiger partial charge < -0.3 is 15.2 Å². The number of ether oxygens (including phenoxy) is 2. The number of halogens is 3. The molecule has 0 fully saturated rings. The van der Waals surface area contributed by atoms with E-state index in [4.69, 9.17) is 26.8 Å². The molecular formula is C19H16ClF2N7O2. The predicted molar refractivity (Wildman–Crippen MR) is 109 cm³/mol. The van der Waals surface area contributed by atoms with Crippen molar-refractivity contribution in [2.45, 2.75) is 19.6 Å². The minimum Gasteiger partial charge on any atom is -0.494 e. The van der Waals surface area contributed by atoms with E-state index in [-0.39, 0.29) is 17.4 Å². The predicted octanol–water partition coefficient (Wildman–Crippen LogP) is 4.06. The molecular weight excluding hydrogens is 432 g/mol. The number of nitrogens with two attached hydrogens (primary N) is 1. The number of hydrogen-bond donors (Lipinski definition) is 1. The Morgan fingerprint density at radius 2 is 1.97 bits per heavy atom. The molecule has 0 aliphatic carbocycles. The van der Waals surface area contributed by atoms with Gasteiger partial charge in [-0.1, -0.05) is 17.7 Å². The van der Waals surface area contributed by atoms with Crippen LogP contribution in [0.4, 0.5) is 14.6 Å². The van der Waals surface area contributed by atoms with Crippen molar-refractivity contribution in [3.63, 3.8) is 0 Å². The van der Waals surface area contributed by atoms with Crippen molar-refractivity contribution in [1.82, 2.24) is 29.7 Å². The first-order valence-corrected chi connectivity index (χ1v) is 9.36. The van der Waals surface area contributed by atoms with Gasteiger partial charge in [0.25, 0.3) is 0 Å². The summed E-state index contributed by atoms with van der Waals surface area (Å²) in [6.07, 6.45) is 2.91. The monoisotopic (exact) mass is 447 g/mol. The standard InChI is InChI=1S/C19H16ClF2N7O2/c1-9(18-27-8-29(28-18)19(21)22)31-12-6-24-14(15-13(12)17(23)26-7-25-15)10-4-3-5-11(20)16(10)30-2/h3-9,19H,1-2H3,(H2,23,25,26)/t9-/m1/s1. The fraction of sp³-hybridized carbons (Fsp3) is 0.211. The lowest BCUT2D eigenvalue weighted by molar-refractivity contribution is 0.0550. The van der Waals surface area contributed by atoms with Crippen molar-refractivity contribution < 1.29 is 18.3 Å². The van der Waals surface area contributed by atoms with Gasteiger partial charge in [-0.2, -0.15) is 13.5 Å². The number of para-hydroxylation sites is 1. The molecule has 0 bridgehead atoms. The largest absolute Gasteiger partial charge is 0.494 e. The third kappa shape index (κ3) is 3.79. The number of hydrogen-bond acceptors (Lipinski definition) is 8. The first-order valence-electron chi connectivity index (χ1n) is 8.98. The Hall–Kier alpha value is -3.60. The zero-order valence-electron chi connectivity index (χ0n) is 16.3. The van der Waals surface area contributed by atoms with Crippen LogP contribution >= 0.6 is 11.6 Å². The number of nitrogen functional groups attached to an aromatic ring is 1. The second-order valence-corrected chi connectivity index (χ2v) is 6.80. The van der Waals surface area contributed by atoms with Crippen LogP contribution in [0.15, 0.2) is 37.1 Å². The minimum atomic E-state index is -2.80. The van der Waals surface area contributed by atoms with Crippen LogP contribution in [0, 0.1) is 0 Å². The maximum Gasteiger partial charge on any atom is 0.334 e. The summed E-state index contributed by atoms with van der Waals surface area (Å²) >= 11 is 6.25. The molecule has 12 heteroatoms. The summed E-state index contributed by atoms with van der Waals surface area (Å²) in [6.45, 7) is -1.18. The van der Waals surface area contributed by atoms with Crippen LogP contribution < -0.4 is 15.2 Å². The molecule has 3 aromatic heterocycles. The number of aromatic nitrogens is 6. The summed E-state index contributed by atoms with van der Waals surface area (Å²) in [5, 5.41) is 4.53. The van der Waals surface area contributed by atoms with Crippen LogP contribution in [-0.4, -0.2) is 36.8 Å². The van der Waals surface area contributed by atoms with E-state index in [1.54, 1.807) is 25.1 Å². The van der Waals surface area contributed by atoms with Gasteiger partial charge in [-0.15, -0.1) is 5.10 Å². The second kappa shape index (κ2) is 8.26. The Bertz CT molecular complexity index is 1250. The van der Waals surface area contributed by atoms with Crippen LogP contribution in [-0.2, 0) is 0 Å². The average molecular weight is 448 g/mol. The Balaban J connectivity index is 1.80. The van der Waals surface area contributed by atoms with E-state index in [1.165, 1.54) is 19.6 Å². The lowest BCUT2D eigenvalue weighted by Crippen LogP contribution is -2.09. The Labute approximate surface area is 179 Å². The van der Waals surface area contributed by atoms with E-state index >= 15 is 0 Å². The molecule has 1 atom stereocenters. The molecule has 0 unspecified atom stereocenters. The van der Waals surface area contributed by atoms with Gasteiger partial charge in [-0.3, -0.25) is 0 Å². The summed E-state index contributed by atoms with van der Waals surface area (Å²) in [5.41, 5.74) is 7.59. The molecule has 31 heavy (non-hydrogen) atoms. The fourth-order valence-electron chi connectivity index (χ4n) is 3.07. The van der Waals surface area contributed by atoms with Gasteiger partial charge in [0.05, 0.1) is 23.7 Å². The van der Waals surface area contributed by atoms with Gasteiger partial charge in [0.2, 0.25) is 0 Å². The molecule has 160 valence electrons. The van der Waals surface area contributed by atoms with Gasteiger partial charge in [0.1, 0.15) is 35.4 Å². The number of pyridine rings is 1. The molecule has 0 amide bonds. The molecule has 0 aliphatic heterocycles. The van der Waals surface area contributed by atoms with Crippen molar-refractivity contribution in [2.24, 2.45) is 0 Å². The van der Waals surface area contributed by atoms with Gasteiger partial charge in [-0.25, -0.2) is 19.9 Å². The number of methoxy groups -OCH3 is 1. The van der Waals surface area contributed by atoms with Crippen molar-refractivity contribution in [3.8, 4) is 22.8 Å². The zero-order valence-corrected chi connectivity index (χ0v) is 17.1. The van der Waals surface area contributed by atoms with Crippen LogP contribution in [0.25, 0.3) is 22.2 Å². The molecule has 0 saturated heterocycles. The highest BCUT2D eigenvalue weighted by Gasteiger charge is 2.22. The summed E-state index contributed by atoms with van der Waals surface area (Å²) < 4.78 is 37.3. The smallest absolute Gasteiger partial charge is 0.334 e. The van der Waals surface area contributed by atoms with E-state index in [0.29, 0.717) is 37.6 Å². The molecule has 4 rings (SSSR count). The quantitative estimate of drug-likeness (QED) is 0.470. The number of nitrogens with zero attached hydrogens (tertiary/aromatic N) is 6. The van der Waals surface area contributed by atoms with Gasteiger partial charge in [-0.05, 0) is 19.1 Å². The maximum absolute atomic E-state index is 12.8. The summed E-state index contributed by atoms with van der Waals surface area (Å²) in [4.78, 5) is 16.7. The molecule has 2 N–H and O–H groups in total. The molecule has 0 aliphatic rings. The molecule has 0 saturated carbocycles. The van der Waals surface area contributed by atoms with Crippen molar-refractivity contribution in [1.29, 1.82) is 0 Å².